The van der Waals surface area contributed by atoms with Crippen LogP contribution in [0, 0.1) is 0 Å². The maximum atomic E-state index is 11.7. The Kier molecular flexibility index (Phi) is 5.87. The van der Waals surface area contributed by atoms with Gasteiger partial charge >= 0.3 is 6.03 Å². The van der Waals surface area contributed by atoms with Crippen molar-refractivity contribution in [2.24, 2.45) is 0 Å². The zero-order valence-corrected chi connectivity index (χ0v) is 13.1. The molecule has 21 heavy (non-hydrogen) atoms. The van der Waals surface area contributed by atoms with E-state index in [0.29, 0.717) is 0 Å². The molecule has 0 radical (unpaired) electrons. The minimum Gasteiger partial charge on any atom is -0.369 e. The van der Waals surface area contributed by atoms with Gasteiger partial charge in [-0.05, 0) is 37.7 Å². The first-order valence-corrected chi connectivity index (χ1v) is 7.77. The number of nitrogens with one attached hydrogen (secondary N) is 2. The molecule has 1 aliphatic heterocycles. The topological polar surface area (TPSA) is 47.6 Å². The first-order chi connectivity index (χ1) is 10.2. The highest BCUT2D eigenvalue weighted by Crippen LogP contribution is 2.19. The smallest absolute Gasteiger partial charge is 0.319 e. The first kappa shape index (κ1) is 15.6. The second kappa shape index (κ2) is 7.88. The predicted octanol–water partition coefficient (Wildman–Crippen LogP) is 2.36. The summed E-state index contributed by atoms with van der Waals surface area (Å²) in [5.74, 6) is 0. The lowest BCUT2D eigenvalue weighted by Crippen LogP contribution is -2.44. The molecule has 1 aromatic carbocycles. The van der Waals surface area contributed by atoms with Crippen molar-refractivity contribution in [1.29, 1.82) is 0 Å². The van der Waals surface area contributed by atoms with Crippen molar-refractivity contribution in [3.8, 4) is 0 Å². The number of amides is 2. The van der Waals surface area contributed by atoms with Gasteiger partial charge in [-0.2, -0.15) is 0 Å². The Morgan fingerprint density at radius 1 is 1.14 bits per heavy atom. The Bertz CT molecular complexity index is 438. The number of carbonyl (C=O) groups excluding carboxylic acids is 1. The predicted molar refractivity (Wildman–Crippen MR) is 88.1 cm³/mol. The van der Waals surface area contributed by atoms with Crippen molar-refractivity contribution in [3.05, 3.63) is 24.3 Å². The molecule has 5 nitrogen and oxygen atoms in total. The summed E-state index contributed by atoms with van der Waals surface area (Å²) in [5.41, 5.74) is 2.06. The summed E-state index contributed by atoms with van der Waals surface area (Å²) in [4.78, 5) is 16.4. The summed E-state index contributed by atoms with van der Waals surface area (Å²) in [6, 6.07) is 7.95. The number of nitrogens with zero attached hydrogens (tertiary/aromatic N) is 2. The molecular weight excluding hydrogens is 264 g/mol. The molecule has 1 saturated heterocycles. The second-order valence-electron chi connectivity index (χ2n) is 5.57. The van der Waals surface area contributed by atoms with Crippen LogP contribution in [-0.4, -0.2) is 50.7 Å². The minimum atomic E-state index is -0.129. The number of likely N-dealkylation sites (N-methyl/N-ethyl adjacent to an activating group) is 1. The molecule has 0 spiro atoms. The summed E-state index contributed by atoms with van der Waals surface area (Å²) in [7, 11) is 2.15. The lowest BCUT2D eigenvalue weighted by atomic mass is 10.2. The summed E-state index contributed by atoms with van der Waals surface area (Å²) in [6.45, 7) is 7.14. The molecule has 0 aromatic heterocycles. The summed E-state index contributed by atoms with van der Waals surface area (Å²) in [6.07, 6.45) is 2.09. The number of piperazine rings is 1. The molecule has 5 heteroatoms. The maximum absolute atomic E-state index is 11.7. The van der Waals surface area contributed by atoms with Crippen molar-refractivity contribution in [2.45, 2.75) is 19.8 Å². The average Bonchev–Trinajstić information content (AvgIpc) is 2.49. The van der Waals surface area contributed by atoms with Crippen LogP contribution in [0.5, 0.6) is 0 Å². The fraction of sp³-hybridized carbons (Fsp3) is 0.562. The minimum absolute atomic E-state index is 0.129. The van der Waals surface area contributed by atoms with E-state index in [2.05, 4.69) is 46.5 Å². The quantitative estimate of drug-likeness (QED) is 0.818. The molecule has 2 N–H and O–H groups in total. The van der Waals surface area contributed by atoms with Gasteiger partial charge in [0.1, 0.15) is 0 Å². The maximum Gasteiger partial charge on any atom is 0.319 e. The van der Waals surface area contributed by atoms with E-state index in [4.69, 9.17) is 0 Å². The van der Waals surface area contributed by atoms with E-state index in [1.54, 1.807) is 0 Å². The van der Waals surface area contributed by atoms with Crippen LogP contribution < -0.4 is 15.5 Å². The molecule has 116 valence electrons. The van der Waals surface area contributed by atoms with Gasteiger partial charge in [-0.15, -0.1) is 0 Å². The zero-order valence-electron chi connectivity index (χ0n) is 13.1. The summed E-state index contributed by atoms with van der Waals surface area (Å²) >= 11 is 0. The van der Waals surface area contributed by atoms with Crippen LogP contribution >= 0.6 is 0 Å². The Balaban J connectivity index is 1.83. The Hall–Kier alpha value is -1.75. The van der Waals surface area contributed by atoms with Gasteiger partial charge in [0.15, 0.2) is 0 Å². The Morgan fingerprint density at radius 2 is 1.81 bits per heavy atom. The van der Waals surface area contributed by atoms with E-state index >= 15 is 0 Å². The lowest BCUT2D eigenvalue weighted by Gasteiger charge is -2.34. The fourth-order valence-corrected chi connectivity index (χ4v) is 2.37. The zero-order chi connectivity index (χ0) is 15.1. The molecule has 0 atom stereocenters. The third-order valence-corrected chi connectivity index (χ3v) is 3.81. The Labute approximate surface area is 127 Å². The third kappa shape index (κ3) is 4.93. The van der Waals surface area contributed by atoms with Gasteiger partial charge in [0.2, 0.25) is 0 Å². The second-order valence-corrected chi connectivity index (χ2v) is 5.57. The molecule has 1 aliphatic rings. The van der Waals surface area contributed by atoms with E-state index in [1.807, 2.05) is 12.1 Å². The number of urea groups is 1. The average molecular weight is 290 g/mol. The number of hydrogen-bond acceptors (Lipinski definition) is 3. The number of hydrogen-bond donors (Lipinski definition) is 2. The molecule has 0 bridgehead atoms. The normalized spacial score (nSPS) is 15.8. The van der Waals surface area contributed by atoms with Gasteiger partial charge in [0.05, 0.1) is 0 Å². The van der Waals surface area contributed by atoms with Crippen LogP contribution in [0.15, 0.2) is 24.3 Å². The van der Waals surface area contributed by atoms with Crippen molar-refractivity contribution in [2.75, 3.05) is 50.0 Å². The largest absolute Gasteiger partial charge is 0.369 e. The summed E-state index contributed by atoms with van der Waals surface area (Å²) < 4.78 is 0. The van der Waals surface area contributed by atoms with Crippen molar-refractivity contribution >= 4 is 17.4 Å². The lowest BCUT2D eigenvalue weighted by molar-refractivity contribution is 0.252. The van der Waals surface area contributed by atoms with Crippen molar-refractivity contribution in [1.82, 2.24) is 10.2 Å². The Morgan fingerprint density at radius 3 is 2.43 bits per heavy atom. The number of benzene rings is 1. The van der Waals surface area contributed by atoms with E-state index < -0.39 is 0 Å². The molecule has 1 heterocycles. The standard InChI is InChI=1S/C16H26N4O/c1-3-4-9-17-16(21)18-14-5-7-15(8-6-14)20-12-10-19(2)11-13-20/h5-8H,3-4,9-13H2,1-2H3,(H2,17,18,21). The van der Waals surface area contributed by atoms with E-state index in [-0.39, 0.29) is 6.03 Å². The van der Waals surface area contributed by atoms with Crippen molar-refractivity contribution in [3.63, 3.8) is 0 Å². The van der Waals surface area contributed by atoms with E-state index in [9.17, 15) is 4.79 Å². The van der Waals surface area contributed by atoms with E-state index in [0.717, 1.165) is 51.3 Å². The highest BCUT2D eigenvalue weighted by Gasteiger charge is 2.14. The van der Waals surface area contributed by atoms with Crippen LogP contribution in [0.25, 0.3) is 0 Å². The molecule has 1 fully saturated rings. The van der Waals surface area contributed by atoms with Crippen LogP contribution in [0.4, 0.5) is 16.2 Å². The fourth-order valence-electron chi connectivity index (χ4n) is 2.37. The van der Waals surface area contributed by atoms with E-state index in [1.165, 1.54) is 5.69 Å². The van der Waals surface area contributed by atoms with Crippen LogP contribution in [0.1, 0.15) is 19.8 Å². The number of carbonyl (C=O) groups is 1. The van der Waals surface area contributed by atoms with Crippen LogP contribution in [0.2, 0.25) is 0 Å². The van der Waals surface area contributed by atoms with Crippen molar-refractivity contribution < 1.29 is 4.79 Å². The van der Waals surface area contributed by atoms with Gasteiger partial charge in [-0.25, -0.2) is 4.79 Å². The third-order valence-electron chi connectivity index (χ3n) is 3.81. The molecule has 1 aromatic rings. The highest BCUT2D eigenvalue weighted by molar-refractivity contribution is 5.89. The number of anilines is 2. The molecule has 0 aliphatic carbocycles. The number of rotatable bonds is 5. The van der Waals surface area contributed by atoms with Gasteiger partial charge < -0.3 is 20.4 Å². The van der Waals surface area contributed by atoms with Gasteiger partial charge in [0.25, 0.3) is 0 Å². The molecule has 0 unspecified atom stereocenters. The van der Waals surface area contributed by atoms with Gasteiger partial charge in [-0.3, -0.25) is 0 Å². The summed E-state index contributed by atoms with van der Waals surface area (Å²) in [5, 5.41) is 5.71. The van der Waals surface area contributed by atoms with Crippen LogP contribution in [-0.2, 0) is 0 Å². The van der Waals surface area contributed by atoms with Gasteiger partial charge in [-0.1, -0.05) is 13.3 Å². The SMILES string of the molecule is CCCCNC(=O)Nc1ccc(N2CCN(C)CC2)cc1. The molecule has 0 saturated carbocycles. The molecule has 2 rings (SSSR count). The molecule has 2 amide bonds. The molecular formula is C16H26N4O. The monoisotopic (exact) mass is 290 g/mol. The van der Waals surface area contributed by atoms with Gasteiger partial charge in [0, 0.05) is 44.1 Å². The number of unbranched alkanes of at least 4 members (excludes halogenated alkanes) is 1. The first-order valence-electron chi connectivity index (χ1n) is 7.77. The van der Waals surface area contributed by atoms with Crippen LogP contribution in [0.3, 0.4) is 0 Å². The highest BCUT2D eigenvalue weighted by atomic mass is 16.2.